The molecule has 1 atom stereocenters. The first-order valence-electron chi connectivity index (χ1n) is 4.64. The topological polar surface area (TPSA) is 29.5 Å². The number of allylic oxidation sites excluding steroid dienone is 1. The second-order valence-electron chi connectivity index (χ2n) is 3.78. The molecule has 2 rings (SSSR count). The van der Waals surface area contributed by atoms with Crippen molar-refractivity contribution in [1.29, 1.82) is 0 Å². The Morgan fingerprint density at radius 2 is 2.07 bits per heavy atom. The number of aliphatic hydroxyl groups is 1. The van der Waals surface area contributed by atoms with Gasteiger partial charge in [-0.25, -0.2) is 8.78 Å². The van der Waals surface area contributed by atoms with Crippen LogP contribution in [0.3, 0.4) is 0 Å². The van der Waals surface area contributed by atoms with Crippen LogP contribution in [-0.2, 0) is 4.74 Å². The van der Waals surface area contributed by atoms with Crippen molar-refractivity contribution in [3.8, 4) is 0 Å². The quantitative estimate of drug-likeness (QED) is 0.659. The van der Waals surface area contributed by atoms with Gasteiger partial charge in [0.1, 0.15) is 5.60 Å². The van der Waals surface area contributed by atoms with Crippen LogP contribution in [-0.4, -0.2) is 23.2 Å². The largest absolute Gasteiger partial charge is 0.501 e. The number of rotatable bonds is 1. The highest BCUT2D eigenvalue weighted by Gasteiger charge is 2.40. The van der Waals surface area contributed by atoms with Crippen LogP contribution in [0.4, 0.5) is 8.78 Å². The average Bonchev–Trinajstić information content (AvgIpc) is 2.64. The average molecular weight is 202 g/mol. The Morgan fingerprint density at radius 3 is 2.57 bits per heavy atom. The molecule has 1 aliphatic carbocycles. The first-order chi connectivity index (χ1) is 6.52. The van der Waals surface area contributed by atoms with Crippen LogP contribution in [0.15, 0.2) is 24.0 Å². The molecular formula is C10H12F2O2. The summed E-state index contributed by atoms with van der Waals surface area (Å²) in [5, 5.41) is 10.0. The van der Waals surface area contributed by atoms with Gasteiger partial charge in [-0.05, 0) is 18.6 Å². The zero-order valence-electron chi connectivity index (χ0n) is 7.67. The van der Waals surface area contributed by atoms with Gasteiger partial charge in [0.15, 0.2) is 0 Å². The van der Waals surface area contributed by atoms with Gasteiger partial charge in [-0.1, -0.05) is 0 Å². The van der Waals surface area contributed by atoms with Gasteiger partial charge in [0.05, 0.1) is 12.9 Å². The van der Waals surface area contributed by atoms with E-state index in [1.54, 1.807) is 0 Å². The Labute approximate surface area is 80.9 Å². The van der Waals surface area contributed by atoms with Crippen molar-refractivity contribution in [3.05, 3.63) is 24.0 Å². The van der Waals surface area contributed by atoms with E-state index in [4.69, 9.17) is 4.74 Å². The summed E-state index contributed by atoms with van der Waals surface area (Å²) in [7, 11) is 0. The number of halogens is 2. The van der Waals surface area contributed by atoms with Crippen LogP contribution in [0.2, 0.25) is 0 Å². The lowest BCUT2D eigenvalue weighted by Gasteiger charge is -2.31. The SMILES string of the molecule is OC1(C2=COCC2)C=CC(F)(F)CC1. The molecule has 0 aromatic heterocycles. The van der Waals surface area contributed by atoms with Gasteiger partial charge in [-0.2, -0.15) is 0 Å². The van der Waals surface area contributed by atoms with Crippen LogP contribution in [0.1, 0.15) is 19.3 Å². The van der Waals surface area contributed by atoms with E-state index in [9.17, 15) is 13.9 Å². The highest BCUT2D eigenvalue weighted by atomic mass is 19.3. The van der Waals surface area contributed by atoms with Gasteiger partial charge in [-0.15, -0.1) is 0 Å². The minimum absolute atomic E-state index is 0.0612. The van der Waals surface area contributed by atoms with E-state index < -0.39 is 11.5 Å². The third-order valence-electron chi connectivity index (χ3n) is 2.71. The molecule has 0 fully saturated rings. The summed E-state index contributed by atoms with van der Waals surface area (Å²) < 4.78 is 30.6. The molecule has 14 heavy (non-hydrogen) atoms. The number of alkyl halides is 2. The zero-order valence-corrected chi connectivity index (χ0v) is 7.67. The predicted molar refractivity (Wildman–Crippen MR) is 46.9 cm³/mol. The Bertz CT molecular complexity index is 296. The predicted octanol–water partition coefficient (Wildman–Crippen LogP) is 2.01. The second kappa shape index (κ2) is 3.05. The standard InChI is InChI=1S/C10H12F2O2/c11-10(12)4-2-9(13,3-5-10)8-1-6-14-7-8/h2,4,7,13H,1,3,5-6H2. The summed E-state index contributed by atoms with van der Waals surface area (Å²) in [4.78, 5) is 0. The van der Waals surface area contributed by atoms with Crippen molar-refractivity contribution >= 4 is 0 Å². The lowest BCUT2D eigenvalue weighted by molar-refractivity contribution is 0.000616. The van der Waals surface area contributed by atoms with Crippen LogP contribution in [0.5, 0.6) is 0 Å². The van der Waals surface area contributed by atoms with E-state index in [-0.39, 0.29) is 12.8 Å². The van der Waals surface area contributed by atoms with Crippen LogP contribution < -0.4 is 0 Å². The zero-order chi connectivity index (χ0) is 10.2. The molecule has 0 bridgehead atoms. The molecule has 0 aromatic rings. The molecule has 2 aliphatic rings. The molecule has 4 heteroatoms. The molecule has 2 nitrogen and oxygen atoms in total. The molecule has 1 aliphatic heterocycles. The van der Waals surface area contributed by atoms with Gasteiger partial charge >= 0.3 is 0 Å². The number of hydrogen-bond donors (Lipinski definition) is 1. The number of ether oxygens (including phenoxy) is 1. The molecule has 0 spiro atoms. The highest BCUT2D eigenvalue weighted by molar-refractivity contribution is 5.28. The molecule has 0 saturated heterocycles. The minimum Gasteiger partial charge on any atom is -0.501 e. The van der Waals surface area contributed by atoms with Crippen LogP contribution >= 0.6 is 0 Å². The Kier molecular flexibility index (Phi) is 2.10. The van der Waals surface area contributed by atoms with Crippen LogP contribution in [0, 0.1) is 0 Å². The molecular weight excluding hydrogens is 190 g/mol. The normalized spacial score (nSPS) is 35.2. The molecule has 0 radical (unpaired) electrons. The lowest BCUT2D eigenvalue weighted by atomic mass is 9.83. The maximum atomic E-state index is 12.8. The van der Waals surface area contributed by atoms with E-state index in [0.717, 1.165) is 6.08 Å². The van der Waals surface area contributed by atoms with E-state index in [1.165, 1.54) is 12.3 Å². The summed E-state index contributed by atoms with van der Waals surface area (Å²) in [5.41, 5.74) is -0.512. The van der Waals surface area contributed by atoms with Crippen molar-refractivity contribution in [2.75, 3.05) is 6.61 Å². The van der Waals surface area contributed by atoms with E-state index in [2.05, 4.69) is 0 Å². The van der Waals surface area contributed by atoms with E-state index in [0.29, 0.717) is 18.6 Å². The lowest BCUT2D eigenvalue weighted by Crippen LogP contribution is -2.35. The maximum absolute atomic E-state index is 12.8. The Morgan fingerprint density at radius 1 is 1.29 bits per heavy atom. The van der Waals surface area contributed by atoms with Gasteiger partial charge in [0, 0.05) is 18.4 Å². The van der Waals surface area contributed by atoms with Crippen molar-refractivity contribution in [1.82, 2.24) is 0 Å². The van der Waals surface area contributed by atoms with E-state index in [1.807, 2.05) is 0 Å². The molecule has 0 aromatic carbocycles. The van der Waals surface area contributed by atoms with Gasteiger partial charge in [0.25, 0.3) is 5.92 Å². The van der Waals surface area contributed by atoms with Crippen LogP contribution in [0.25, 0.3) is 0 Å². The first-order valence-corrected chi connectivity index (χ1v) is 4.64. The smallest absolute Gasteiger partial charge is 0.266 e. The fraction of sp³-hybridized carbons (Fsp3) is 0.600. The van der Waals surface area contributed by atoms with Crippen molar-refractivity contribution in [3.63, 3.8) is 0 Å². The molecule has 78 valence electrons. The molecule has 1 unspecified atom stereocenters. The summed E-state index contributed by atoms with van der Waals surface area (Å²) in [6, 6.07) is 0. The van der Waals surface area contributed by atoms with Crippen molar-refractivity contribution < 1.29 is 18.6 Å². The second-order valence-corrected chi connectivity index (χ2v) is 3.78. The monoisotopic (exact) mass is 202 g/mol. The molecule has 0 saturated carbocycles. The summed E-state index contributed by atoms with van der Waals surface area (Å²) in [6.45, 7) is 0.530. The summed E-state index contributed by atoms with van der Waals surface area (Å²) in [5.74, 6) is -2.77. The summed E-state index contributed by atoms with van der Waals surface area (Å²) >= 11 is 0. The Hall–Kier alpha value is -0.900. The van der Waals surface area contributed by atoms with E-state index >= 15 is 0 Å². The minimum atomic E-state index is -2.77. The fourth-order valence-electron chi connectivity index (χ4n) is 1.76. The van der Waals surface area contributed by atoms with Crippen molar-refractivity contribution in [2.45, 2.75) is 30.8 Å². The van der Waals surface area contributed by atoms with Gasteiger partial charge in [-0.3, -0.25) is 0 Å². The van der Waals surface area contributed by atoms with Crippen molar-refractivity contribution in [2.24, 2.45) is 0 Å². The Balaban J connectivity index is 2.19. The maximum Gasteiger partial charge on any atom is 0.266 e. The third kappa shape index (κ3) is 1.66. The third-order valence-corrected chi connectivity index (χ3v) is 2.71. The number of hydrogen-bond acceptors (Lipinski definition) is 2. The molecule has 0 amide bonds. The highest BCUT2D eigenvalue weighted by Crippen LogP contribution is 2.38. The first kappa shape index (κ1) is 9.65. The summed E-state index contributed by atoms with van der Waals surface area (Å²) in [6.07, 6.45) is 3.83. The fourth-order valence-corrected chi connectivity index (χ4v) is 1.76. The molecule has 1 heterocycles. The van der Waals surface area contributed by atoms with Gasteiger partial charge < -0.3 is 9.84 Å². The van der Waals surface area contributed by atoms with Gasteiger partial charge in [0.2, 0.25) is 0 Å². The molecule has 1 N–H and O–H groups in total.